The van der Waals surface area contributed by atoms with E-state index in [4.69, 9.17) is 0 Å². The first-order chi connectivity index (χ1) is 8.09. The van der Waals surface area contributed by atoms with Gasteiger partial charge in [0.05, 0.1) is 6.04 Å². The van der Waals surface area contributed by atoms with E-state index >= 15 is 0 Å². The van der Waals surface area contributed by atoms with Gasteiger partial charge in [-0.1, -0.05) is 6.92 Å². The van der Waals surface area contributed by atoms with Gasteiger partial charge in [0.15, 0.2) is 0 Å². The summed E-state index contributed by atoms with van der Waals surface area (Å²) in [6.45, 7) is 8.20. The number of amides is 1. The molecule has 0 saturated carbocycles. The Balaban J connectivity index is 1.98. The van der Waals surface area contributed by atoms with E-state index in [1.165, 1.54) is 12.8 Å². The van der Waals surface area contributed by atoms with Crippen LogP contribution >= 0.6 is 0 Å². The Labute approximate surface area is 104 Å². The van der Waals surface area contributed by atoms with Gasteiger partial charge >= 0.3 is 0 Å². The fourth-order valence-corrected chi connectivity index (χ4v) is 3.03. The van der Waals surface area contributed by atoms with Crippen molar-refractivity contribution in [3.05, 3.63) is 0 Å². The highest BCUT2D eigenvalue weighted by Crippen LogP contribution is 2.19. The van der Waals surface area contributed by atoms with Crippen molar-refractivity contribution >= 4 is 5.91 Å². The number of hydrogen-bond donors (Lipinski definition) is 1. The molecule has 0 aromatic carbocycles. The van der Waals surface area contributed by atoms with Crippen LogP contribution in [0.5, 0.6) is 0 Å². The molecule has 2 saturated heterocycles. The molecule has 4 nitrogen and oxygen atoms in total. The van der Waals surface area contributed by atoms with E-state index in [0.717, 1.165) is 26.2 Å². The van der Waals surface area contributed by atoms with Crippen molar-refractivity contribution in [3.63, 3.8) is 0 Å². The topological polar surface area (TPSA) is 35.6 Å². The van der Waals surface area contributed by atoms with E-state index in [2.05, 4.69) is 36.0 Å². The van der Waals surface area contributed by atoms with Crippen LogP contribution in [-0.2, 0) is 4.79 Å². The minimum absolute atomic E-state index is 0.0506. The lowest BCUT2D eigenvalue weighted by atomic mass is 9.91. The Morgan fingerprint density at radius 3 is 2.71 bits per heavy atom. The van der Waals surface area contributed by atoms with Crippen molar-refractivity contribution in [3.8, 4) is 0 Å². The molecule has 17 heavy (non-hydrogen) atoms. The largest absolute Gasteiger partial charge is 0.336 e. The van der Waals surface area contributed by atoms with Crippen molar-refractivity contribution in [1.82, 2.24) is 15.1 Å². The number of carbonyl (C=O) groups excluding carboxylic acids is 1. The molecule has 3 unspecified atom stereocenters. The Morgan fingerprint density at radius 2 is 2.06 bits per heavy atom. The van der Waals surface area contributed by atoms with Crippen molar-refractivity contribution in [2.75, 3.05) is 33.2 Å². The second-order valence-electron chi connectivity index (χ2n) is 5.69. The molecule has 0 bridgehead atoms. The minimum atomic E-state index is 0.0506. The van der Waals surface area contributed by atoms with Gasteiger partial charge in [-0.05, 0) is 39.3 Å². The third kappa shape index (κ3) is 2.80. The van der Waals surface area contributed by atoms with Gasteiger partial charge in [-0.15, -0.1) is 0 Å². The first-order valence-corrected chi connectivity index (χ1v) is 6.82. The summed E-state index contributed by atoms with van der Waals surface area (Å²) in [5.41, 5.74) is 0. The molecule has 2 aliphatic rings. The average Bonchev–Trinajstić information content (AvgIpc) is 2.29. The number of piperidine rings is 1. The average molecular weight is 239 g/mol. The Kier molecular flexibility index (Phi) is 4.05. The SMILES string of the molecule is CC1CCCNC1C(=O)N1CCN(C)CC1C. The summed E-state index contributed by atoms with van der Waals surface area (Å²) in [6, 6.07) is 0.395. The summed E-state index contributed by atoms with van der Waals surface area (Å²) in [6.07, 6.45) is 2.37. The van der Waals surface area contributed by atoms with Crippen LogP contribution < -0.4 is 5.32 Å². The lowest BCUT2D eigenvalue weighted by molar-refractivity contribution is -0.139. The highest BCUT2D eigenvalue weighted by molar-refractivity contribution is 5.82. The van der Waals surface area contributed by atoms with E-state index in [-0.39, 0.29) is 6.04 Å². The second-order valence-corrected chi connectivity index (χ2v) is 5.69. The molecule has 4 heteroatoms. The zero-order chi connectivity index (χ0) is 12.4. The zero-order valence-corrected chi connectivity index (χ0v) is 11.3. The number of hydrogen-bond acceptors (Lipinski definition) is 3. The normalized spacial score (nSPS) is 35.9. The summed E-state index contributed by atoms with van der Waals surface area (Å²) >= 11 is 0. The van der Waals surface area contributed by atoms with Gasteiger partial charge in [-0.3, -0.25) is 4.79 Å². The van der Waals surface area contributed by atoms with Gasteiger partial charge in [0.1, 0.15) is 0 Å². The first-order valence-electron chi connectivity index (χ1n) is 6.82. The van der Waals surface area contributed by atoms with Crippen LogP contribution in [0, 0.1) is 5.92 Å². The van der Waals surface area contributed by atoms with Crippen LogP contribution in [0.25, 0.3) is 0 Å². The Hall–Kier alpha value is -0.610. The van der Waals surface area contributed by atoms with E-state index in [1.54, 1.807) is 0 Å². The summed E-state index contributed by atoms with van der Waals surface area (Å²) in [5.74, 6) is 0.793. The molecule has 2 fully saturated rings. The maximum atomic E-state index is 12.5. The number of nitrogens with one attached hydrogen (secondary N) is 1. The fraction of sp³-hybridized carbons (Fsp3) is 0.923. The van der Waals surface area contributed by atoms with Gasteiger partial charge in [-0.2, -0.15) is 0 Å². The van der Waals surface area contributed by atoms with E-state index in [0.29, 0.717) is 17.9 Å². The molecule has 3 atom stereocenters. The molecule has 0 radical (unpaired) electrons. The van der Waals surface area contributed by atoms with E-state index < -0.39 is 0 Å². The molecule has 1 N–H and O–H groups in total. The van der Waals surface area contributed by atoms with Gasteiger partial charge in [0, 0.05) is 25.7 Å². The van der Waals surface area contributed by atoms with Gasteiger partial charge < -0.3 is 15.1 Å². The number of piperazine rings is 1. The van der Waals surface area contributed by atoms with Gasteiger partial charge in [0.25, 0.3) is 0 Å². The highest BCUT2D eigenvalue weighted by atomic mass is 16.2. The van der Waals surface area contributed by atoms with Crippen molar-refractivity contribution in [1.29, 1.82) is 0 Å². The minimum Gasteiger partial charge on any atom is -0.336 e. The molecular formula is C13H25N3O. The van der Waals surface area contributed by atoms with Crippen LogP contribution in [0.2, 0.25) is 0 Å². The first kappa shape index (κ1) is 12.8. The van der Waals surface area contributed by atoms with Crippen LogP contribution in [0.15, 0.2) is 0 Å². The van der Waals surface area contributed by atoms with Gasteiger partial charge in [-0.25, -0.2) is 0 Å². The Morgan fingerprint density at radius 1 is 1.29 bits per heavy atom. The molecular weight excluding hydrogens is 214 g/mol. The third-order valence-electron chi connectivity index (χ3n) is 4.15. The zero-order valence-electron chi connectivity index (χ0n) is 11.3. The predicted molar refractivity (Wildman–Crippen MR) is 68.9 cm³/mol. The standard InChI is InChI=1S/C13H25N3O/c1-10-5-4-6-14-12(10)13(17)16-8-7-15(3)9-11(16)2/h10-12,14H,4-9H2,1-3H3. The van der Waals surface area contributed by atoms with E-state index in [9.17, 15) is 4.79 Å². The molecule has 0 aliphatic carbocycles. The molecule has 2 heterocycles. The monoisotopic (exact) mass is 239 g/mol. The number of likely N-dealkylation sites (N-methyl/N-ethyl adjacent to an activating group) is 1. The van der Waals surface area contributed by atoms with Crippen molar-refractivity contribution < 1.29 is 4.79 Å². The van der Waals surface area contributed by atoms with Crippen LogP contribution in [0.1, 0.15) is 26.7 Å². The predicted octanol–water partition coefficient (Wildman–Crippen LogP) is 0.537. The fourth-order valence-electron chi connectivity index (χ4n) is 3.03. The number of nitrogens with zero attached hydrogens (tertiary/aromatic N) is 2. The summed E-state index contributed by atoms with van der Waals surface area (Å²) in [7, 11) is 2.12. The Bertz CT molecular complexity index is 282. The molecule has 98 valence electrons. The summed E-state index contributed by atoms with van der Waals surface area (Å²) in [4.78, 5) is 16.9. The van der Waals surface area contributed by atoms with Crippen LogP contribution in [0.3, 0.4) is 0 Å². The maximum absolute atomic E-state index is 12.5. The second kappa shape index (κ2) is 5.36. The molecule has 1 amide bonds. The summed E-state index contributed by atoms with van der Waals surface area (Å²) < 4.78 is 0. The van der Waals surface area contributed by atoms with E-state index in [1.807, 2.05) is 0 Å². The molecule has 2 aliphatic heterocycles. The number of carbonyl (C=O) groups is 1. The smallest absolute Gasteiger partial charge is 0.240 e. The number of rotatable bonds is 1. The third-order valence-corrected chi connectivity index (χ3v) is 4.15. The molecule has 2 rings (SSSR count). The van der Waals surface area contributed by atoms with Crippen molar-refractivity contribution in [2.24, 2.45) is 5.92 Å². The van der Waals surface area contributed by atoms with Crippen LogP contribution in [-0.4, -0.2) is 61.0 Å². The highest BCUT2D eigenvalue weighted by Gasteiger charge is 2.34. The molecule has 0 aromatic rings. The quantitative estimate of drug-likeness (QED) is 0.725. The van der Waals surface area contributed by atoms with Gasteiger partial charge in [0.2, 0.25) is 5.91 Å². The lowest BCUT2D eigenvalue weighted by Crippen LogP contribution is -2.59. The lowest BCUT2D eigenvalue weighted by Gasteiger charge is -2.41. The molecule has 0 spiro atoms. The maximum Gasteiger partial charge on any atom is 0.240 e. The molecule has 0 aromatic heterocycles. The summed E-state index contributed by atoms with van der Waals surface area (Å²) in [5, 5.41) is 3.39. The van der Waals surface area contributed by atoms with Crippen LogP contribution in [0.4, 0.5) is 0 Å². The van der Waals surface area contributed by atoms with Crippen molar-refractivity contribution in [2.45, 2.75) is 38.8 Å².